The highest BCUT2D eigenvalue weighted by Gasteiger charge is 2.50. The molecule has 0 aliphatic rings. The van der Waals surface area contributed by atoms with Crippen molar-refractivity contribution in [2.24, 2.45) is 0 Å². The predicted molar refractivity (Wildman–Crippen MR) is 93.0 cm³/mol. The van der Waals surface area contributed by atoms with E-state index in [1.54, 1.807) is 13.8 Å². The van der Waals surface area contributed by atoms with Crippen molar-refractivity contribution < 1.29 is 37.7 Å². The standard InChI is InChI=1S/C18H24FNO7/c1-6-26-16(22)18(20-11(3)21,17(23)27-7-2)10-12-8-13(19)15(25-5)14(9-12)24-4/h8-9H,6-7,10H2,1-5H3,(H,20,21). The first-order valence-corrected chi connectivity index (χ1v) is 8.29. The normalized spacial score (nSPS) is 10.7. The topological polar surface area (TPSA) is 100 Å². The van der Waals surface area contributed by atoms with E-state index in [2.05, 4.69) is 5.32 Å². The van der Waals surface area contributed by atoms with E-state index in [-0.39, 0.29) is 30.3 Å². The Morgan fingerprint density at radius 2 is 1.59 bits per heavy atom. The van der Waals surface area contributed by atoms with E-state index in [1.165, 1.54) is 20.3 Å². The van der Waals surface area contributed by atoms with Crippen molar-refractivity contribution in [3.63, 3.8) is 0 Å². The summed E-state index contributed by atoms with van der Waals surface area (Å²) in [4.78, 5) is 36.9. The van der Waals surface area contributed by atoms with Gasteiger partial charge in [0.2, 0.25) is 11.4 Å². The van der Waals surface area contributed by atoms with Gasteiger partial charge in [-0.1, -0.05) is 0 Å². The van der Waals surface area contributed by atoms with E-state index in [0.717, 1.165) is 13.0 Å². The highest BCUT2D eigenvalue weighted by Crippen LogP contribution is 2.33. The van der Waals surface area contributed by atoms with Gasteiger partial charge in [-0.25, -0.2) is 14.0 Å². The van der Waals surface area contributed by atoms with Gasteiger partial charge < -0.3 is 24.3 Å². The number of methoxy groups -OCH3 is 2. The molecule has 1 N–H and O–H groups in total. The molecule has 150 valence electrons. The van der Waals surface area contributed by atoms with Gasteiger partial charge in [-0.3, -0.25) is 4.79 Å². The Balaban J connectivity index is 3.50. The Morgan fingerprint density at radius 3 is 2.00 bits per heavy atom. The largest absolute Gasteiger partial charge is 0.493 e. The van der Waals surface area contributed by atoms with Gasteiger partial charge >= 0.3 is 11.9 Å². The number of hydrogen-bond acceptors (Lipinski definition) is 7. The molecule has 0 spiro atoms. The smallest absolute Gasteiger partial charge is 0.344 e. The molecule has 0 heterocycles. The van der Waals surface area contributed by atoms with Gasteiger partial charge in [0.25, 0.3) is 0 Å². The average Bonchev–Trinajstić information content (AvgIpc) is 2.60. The number of hydrogen-bond donors (Lipinski definition) is 1. The van der Waals surface area contributed by atoms with Crippen LogP contribution in [-0.2, 0) is 30.3 Å². The first kappa shape index (κ1) is 22.2. The Labute approximate surface area is 156 Å². The minimum Gasteiger partial charge on any atom is -0.493 e. The summed E-state index contributed by atoms with van der Waals surface area (Å²) in [6.45, 7) is 4.19. The van der Waals surface area contributed by atoms with Gasteiger partial charge in [-0.2, -0.15) is 0 Å². The molecule has 0 aliphatic carbocycles. The van der Waals surface area contributed by atoms with Crippen molar-refractivity contribution in [3.8, 4) is 11.5 Å². The molecule has 27 heavy (non-hydrogen) atoms. The molecule has 0 radical (unpaired) electrons. The summed E-state index contributed by atoms with van der Waals surface area (Å²) >= 11 is 0. The van der Waals surface area contributed by atoms with Crippen molar-refractivity contribution >= 4 is 17.8 Å². The number of esters is 2. The molecule has 8 nitrogen and oxygen atoms in total. The minimum atomic E-state index is -2.16. The van der Waals surface area contributed by atoms with Crippen LogP contribution in [0.2, 0.25) is 0 Å². The first-order valence-electron chi connectivity index (χ1n) is 8.29. The van der Waals surface area contributed by atoms with Crippen molar-refractivity contribution in [1.82, 2.24) is 5.32 Å². The van der Waals surface area contributed by atoms with Crippen LogP contribution in [0.4, 0.5) is 4.39 Å². The zero-order chi connectivity index (χ0) is 20.6. The van der Waals surface area contributed by atoms with Crippen LogP contribution >= 0.6 is 0 Å². The maximum absolute atomic E-state index is 14.3. The summed E-state index contributed by atoms with van der Waals surface area (Å²) in [5, 5.41) is 2.31. The third kappa shape index (κ3) is 5.08. The highest BCUT2D eigenvalue weighted by atomic mass is 19.1. The van der Waals surface area contributed by atoms with Crippen molar-refractivity contribution in [2.75, 3.05) is 27.4 Å². The summed E-state index contributed by atoms with van der Waals surface area (Å²) in [6.07, 6.45) is -0.401. The number of ether oxygens (including phenoxy) is 4. The fraction of sp³-hybridized carbons (Fsp3) is 0.500. The van der Waals surface area contributed by atoms with E-state index < -0.39 is 35.6 Å². The maximum Gasteiger partial charge on any atom is 0.344 e. The molecule has 9 heteroatoms. The average molecular weight is 385 g/mol. The molecule has 0 aliphatic heterocycles. The second-order valence-electron chi connectivity index (χ2n) is 5.52. The van der Waals surface area contributed by atoms with E-state index >= 15 is 0 Å². The minimum absolute atomic E-state index is 0.0279. The van der Waals surface area contributed by atoms with Crippen LogP contribution in [0.5, 0.6) is 11.5 Å². The molecular formula is C18H24FNO7. The van der Waals surface area contributed by atoms with E-state index in [0.29, 0.717) is 0 Å². The lowest BCUT2D eigenvalue weighted by molar-refractivity contribution is -0.168. The van der Waals surface area contributed by atoms with Gasteiger partial charge in [-0.15, -0.1) is 0 Å². The van der Waals surface area contributed by atoms with Crippen molar-refractivity contribution in [2.45, 2.75) is 32.7 Å². The number of carbonyl (C=O) groups is 3. The van der Waals surface area contributed by atoms with Crippen LogP contribution in [0.25, 0.3) is 0 Å². The molecular weight excluding hydrogens is 361 g/mol. The van der Waals surface area contributed by atoms with Crippen LogP contribution < -0.4 is 14.8 Å². The second-order valence-corrected chi connectivity index (χ2v) is 5.52. The molecule has 1 rings (SSSR count). The first-order chi connectivity index (χ1) is 12.7. The van der Waals surface area contributed by atoms with Crippen LogP contribution in [0, 0.1) is 5.82 Å². The molecule has 0 saturated heterocycles. The lowest BCUT2D eigenvalue weighted by Gasteiger charge is -2.30. The summed E-state index contributed by atoms with van der Waals surface area (Å²) in [5.74, 6) is -3.48. The number of rotatable bonds is 9. The van der Waals surface area contributed by atoms with E-state index in [1.807, 2.05) is 0 Å². The predicted octanol–water partition coefficient (Wildman–Crippen LogP) is 1.39. The summed E-state index contributed by atoms with van der Waals surface area (Å²) in [6, 6.07) is 2.48. The molecule has 0 bridgehead atoms. The molecule has 1 aromatic rings. The van der Waals surface area contributed by atoms with Crippen LogP contribution in [0.3, 0.4) is 0 Å². The molecule has 0 saturated carbocycles. The van der Waals surface area contributed by atoms with Crippen LogP contribution in [-0.4, -0.2) is 50.8 Å². The summed E-state index contributed by atoms with van der Waals surface area (Å²) < 4.78 is 34.3. The zero-order valence-corrected chi connectivity index (χ0v) is 16.0. The second kappa shape index (κ2) is 9.75. The van der Waals surface area contributed by atoms with Gasteiger partial charge in [0.1, 0.15) is 0 Å². The lowest BCUT2D eigenvalue weighted by atomic mass is 9.90. The summed E-state index contributed by atoms with van der Waals surface area (Å²) in [5.41, 5.74) is -1.97. The van der Waals surface area contributed by atoms with Gasteiger partial charge in [0, 0.05) is 13.3 Å². The van der Waals surface area contributed by atoms with Crippen molar-refractivity contribution in [1.29, 1.82) is 0 Å². The van der Waals surface area contributed by atoms with Gasteiger partial charge in [0.05, 0.1) is 27.4 Å². The summed E-state index contributed by atoms with van der Waals surface area (Å²) in [7, 11) is 2.60. The van der Waals surface area contributed by atoms with Gasteiger partial charge in [-0.05, 0) is 31.5 Å². The molecule has 0 unspecified atom stereocenters. The van der Waals surface area contributed by atoms with E-state index in [4.69, 9.17) is 18.9 Å². The lowest BCUT2D eigenvalue weighted by Crippen LogP contribution is -2.62. The maximum atomic E-state index is 14.3. The zero-order valence-electron chi connectivity index (χ0n) is 16.0. The Morgan fingerprint density at radius 1 is 1.04 bits per heavy atom. The molecule has 1 aromatic carbocycles. The van der Waals surface area contributed by atoms with Crippen LogP contribution in [0.1, 0.15) is 26.3 Å². The third-order valence-electron chi connectivity index (χ3n) is 3.60. The monoisotopic (exact) mass is 385 g/mol. The Bertz CT molecular complexity index is 687. The molecule has 0 atom stereocenters. The third-order valence-corrected chi connectivity index (χ3v) is 3.60. The van der Waals surface area contributed by atoms with Gasteiger partial charge in [0.15, 0.2) is 17.3 Å². The quantitative estimate of drug-likeness (QED) is 0.506. The molecule has 0 fully saturated rings. The fourth-order valence-corrected chi connectivity index (χ4v) is 2.56. The number of carbonyl (C=O) groups excluding carboxylic acids is 3. The Kier molecular flexibility index (Phi) is 8.01. The van der Waals surface area contributed by atoms with Crippen LogP contribution in [0.15, 0.2) is 12.1 Å². The number of benzene rings is 1. The fourth-order valence-electron chi connectivity index (χ4n) is 2.56. The molecule has 0 aromatic heterocycles. The molecule has 1 amide bonds. The number of nitrogens with one attached hydrogen (secondary N) is 1. The number of halogens is 1. The van der Waals surface area contributed by atoms with E-state index in [9.17, 15) is 18.8 Å². The Hall–Kier alpha value is -2.84. The van der Waals surface area contributed by atoms with Crippen molar-refractivity contribution in [3.05, 3.63) is 23.5 Å². The number of amides is 1. The highest BCUT2D eigenvalue weighted by molar-refractivity contribution is 6.08. The SMILES string of the molecule is CCOC(=O)C(Cc1cc(F)c(OC)c(OC)c1)(NC(C)=O)C(=O)OCC.